The van der Waals surface area contributed by atoms with E-state index in [0.717, 1.165) is 46.8 Å². The Morgan fingerprint density at radius 3 is 2.45 bits per heavy atom. The van der Waals surface area contributed by atoms with Crippen LogP contribution >= 0.6 is 0 Å². The van der Waals surface area contributed by atoms with E-state index in [9.17, 15) is 9.59 Å². The summed E-state index contributed by atoms with van der Waals surface area (Å²) < 4.78 is 5.91. The summed E-state index contributed by atoms with van der Waals surface area (Å²) in [5.41, 5.74) is 4.06. The Kier molecular flexibility index (Phi) is 7.37. The Morgan fingerprint density at radius 2 is 1.71 bits per heavy atom. The van der Waals surface area contributed by atoms with Crippen molar-refractivity contribution in [2.45, 2.75) is 52.5 Å². The van der Waals surface area contributed by atoms with E-state index < -0.39 is 12.0 Å². The molecule has 1 heterocycles. The van der Waals surface area contributed by atoms with Crippen molar-refractivity contribution in [3.63, 3.8) is 0 Å². The topological polar surface area (TPSA) is 58.6 Å². The van der Waals surface area contributed by atoms with Crippen molar-refractivity contribution in [1.29, 1.82) is 0 Å². The maximum Gasteiger partial charge on any atom is 0.232 e. The number of carbonyl (C=O) groups excluding carboxylic acids is 2. The maximum atomic E-state index is 14.2. The van der Waals surface area contributed by atoms with Crippen molar-refractivity contribution in [1.82, 2.24) is 0 Å². The second-order valence-corrected chi connectivity index (χ2v) is 11.0. The molecule has 5 rings (SSSR count). The van der Waals surface area contributed by atoms with Gasteiger partial charge in [-0.25, -0.2) is 0 Å². The third-order valence-electron chi connectivity index (χ3n) is 7.35. The number of hydrogen-bond donors (Lipinski definition) is 1. The van der Waals surface area contributed by atoms with Crippen LogP contribution in [-0.4, -0.2) is 18.3 Å². The number of unbranched alkanes of at least 4 members (excludes halogenated alkanes) is 1. The molecule has 0 radical (unpaired) electrons. The number of ether oxygens (including phenoxy) is 1. The number of nitrogens with one attached hydrogen (secondary N) is 1. The van der Waals surface area contributed by atoms with Gasteiger partial charge in [0.05, 0.1) is 36.4 Å². The molecule has 3 aromatic rings. The number of fused-ring (bicyclic) bond motifs is 2. The van der Waals surface area contributed by atoms with Gasteiger partial charge >= 0.3 is 0 Å². The van der Waals surface area contributed by atoms with Crippen LogP contribution in [-0.2, 0) is 16.0 Å². The zero-order valence-corrected chi connectivity index (χ0v) is 22.4. The fourth-order valence-corrected chi connectivity index (χ4v) is 5.58. The second-order valence-electron chi connectivity index (χ2n) is 11.0. The summed E-state index contributed by atoms with van der Waals surface area (Å²) in [6.45, 7) is 6.98. The smallest absolute Gasteiger partial charge is 0.232 e. The molecule has 0 spiro atoms. The van der Waals surface area contributed by atoms with Crippen molar-refractivity contribution < 1.29 is 14.3 Å². The second kappa shape index (κ2) is 10.9. The van der Waals surface area contributed by atoms with Crippen LogP contribution in [0.2, 0.25) is 0 Å². The van der Waals surface area contributed by atoms with Gasteiger partial charge in [-0.1, -0.05) is 87.9 Å². The third kappa shape index (κ3) is 5.38. The van der Waals surface area contributed by atoms with Gasteiger partial charge in [0, 0.05) is 12.1 Å². The SMILES string of the molecule is CCCCOc1ccc([C@H]2[C@@H]3C(=O)CC(C)(C)C=C3Nc3ccccc3N2C(=O)Cc2ccccc2)cc1. The average Bonchev–Trinajstić information content (AvgIpc) is 3.03. The number of nitrogens with zero attached hydrogens (tertiary/aromatic N) is 1. The summed E-state index contributed by atoms with van der Waals surface area (Å²) in [7, 11) is 0. The molecule has 2 aliphatic rings. The molecular weight excluding hydrogens is 472 g/mol. The molecule has 5 nitrogen and oxygen atoms in total. The molecule has 1 amide bonds. The van der Waals surface area contributed by atoms with Crippen molar-refractivity contribution in [3.05, 3.63) is 102 Å². The van der Waals surface area contributed by atoms with Gasteiger partial charge in [0.1, 0.15) is 11.5 Å². The molecule has 3 aromatic carbocycles. The van der Waals surface area contributed by atoms with Gasteiger partial charge in [0.25, 0.3) is 0 Å². The molecule has 0 unspecified atom stereocenters. The van der Waals surface area contributed by atoms with Gasteiger partial charge in [-0.15, -0.1) is 0 Å². The maximum absolute atomic E-state index is 14.2. The number of hydrogen-bond acceptors (Lipinski definition) is 4. The summed E-state index contributed by atoms with van der Waals surface area (Å²) >= 11 is 0. The van der Waals surface area contributed by atoms with Gasteiger partial charge in [0.2, 0.25) is 5.91 Å². The Labute approximate surface area is 225 Å². The predicted octanol–water partition coefficient (Wildman–Crippen LogP) is 7.11. The quantitative estimate of drug-likeness (QED) is 0.346. The van der Waals surface area contributed by atoms with E-state index in [0.29, 0.717) is 13.0 Å². The third-order valence-corrected chi connectivity index (χ3v) is 7.35. The van der Waals surface area contributed by atoms with Crippen molar-refractivity contribution in [2.75, 3.05) is 16.8 Å². The Morgan fingerprint density at radius 1 is 1.00 bits per heavy atom. The van der Waals surface area contributed by atoms with E-state index in [-0.39, 0.29) is 23.5 Å². The number of ketones is 1. The number of Topliss-reactive ketones (excluding diaryl/α,β-unsaturated/α-hetero) is 1. The Balaban J connectivity index is 1.63. The lowest BCUT2D eigenvalue weighted by molar-refractivity contribution is -0.125. The molecule has 196 valence electrons. The first-order chi connectivity index (χ1) is 18.4. The lowest BCUT2D eigenvalue weighted by Gasteiger charge is -2.39. The molecule has 2 atom stereocenters. The minimum atomic E-state index is -0.498. The summed E-state index contributed by atoms with van der Waals surface area (Å²) in [6.07, 6.45) is 4.91. The van der Waals surface area contributed by atoms with Crippen molar-refractivity contribution in [3.8, 4) is 5.75 Å². The van der Waals surface area contributed by atoms with Gasteiger partial charge in [-0.3, -0.25) is 9.59 Å². The lowest BCUT2D eigenvalue weighted by Crippen LogP contribution is -2.44. The fourth-order valence-electron chi connectivity index (χ4n) is 5.58. The van der Waals surface area contributed by atoms with Crippen LogP contribution in [0.5, 0.6) is 5.75 Å². The lowest BCUT2D eigenvalue weighted by atomic mass is 9.72. The Bertz CT molecular complexity index is 1330. The van der Waals surface area contributed by atoms with Crippen molar-refractivity contribution in [2.24, 2.45) is 11.3 Å². The number of amides is 1. The van der Waals surface area contributed by atoms with Crippen LogP contribution in [0.4, 0.5) is 11.4 Å². The van der Waals surface area contributed by atoms with Crippen LogP contribution in [0.15, 0.2) is 90.6 Å². The predicted molar refractivity (Wildman–Crippen MR) is 152 cm³/mol. The fraction of sp³-hybridized carbons (Fsp3) is 0.333. The summed E-state index contributed by atoms with van der Waals surface area (Å²) in [5, 5.41) is 3.56. The molecule has 5 heteroatoms. The van der Waals surface area contributed by atoms with Crippen molar-refractivity contribution >= 4 is 23.1 Å². The van der Waals surface area contributed by atoms with Gasteiger partial charge in [0.15, 0.2) is 0 Å². The normalized spacial score (nSPS) is 19.9. The number of anilines is 2. The highest BCUT2D eigenvalue weighted by Gasteiger charge is 2.46. The summed E-state index contributed by atoms with van der Waals surface area (Å²) in [5.74, 6) is 0.390. The zero-order chi connectivity index (χ0) is 26.7. The highest BCUT2D eigenvalue weighted by Crippen LogP contribution is 2.48. The largest absolute Gasteiger partial charge is 0.494 e. The van der Waals surface area contributed by atoms with E-state index in [1.165, 1.54) is 0 Å². The standard InChI is InChI=1S/C33H36N2O3/c1-4-5-19-38-25-17-15-24(16-18-25)32-31-27(21-33(2,3)22-29(31)36)34-26-13-9-10-14-28(26)35(32)30(37)20-23-11-7-6-8-12-23/h6-18,21,31-32,34H,4-5,19-20,22H2,1-3H3/t31-,32-/m0/s1. The molecule has 0 fully saturated rings. The molecule has 0 bridgehead atoms. The van der Waals surface area contributed by atoms with E-state index in [2.05, 4.69) is 32.2 Å². The highest BCUT2D eigenvalue weighted by molar-refractivity contribution is 6.02. The number of rotatable bonds is 7. The zero-order valence-electron chi connectivity index (χ0n) is 22.4. The first-order valence-electron chi connectivity index (χ1n) is 13.6. The number of para-hydroxylation sites is 2. The number of allylic oxidation sites excluding steroid dienone is 1. The molecule has 1 aliphatic heterocycles. The van der Waals surface area contributed by atoms with Gasteiger partial charge < -0.3 is 15.0 Å². The van der Waals surface area contributed by atoms with Crippen LogP contribution in [0.3, 0.4) is 0 Å². The van der Waals surface area contributed by atoms with E-state index >= 15 is 0 Å². The first kappa shape index (κ1) is 25.8. The monoisotopic (exact) mass is 508 g/mol. The summed E-state index contributed by atoms with van der Waals surface area (Å²) in [4.78, 5) is 29.9. The molecule has 38 heavy (non-hydrogen) atoms. The Hall–Kier alpha value is -3.86. The van der Waals surface area contributed by atoms with Crippen LogP contribution in [0.25, 0.3) is 0 Å². The molecular formula is C33H36N2O3. The van der Waals surface area contributed by atoms with Crippen LogP contribution in [0.1, 0.15) is 57.2 Å². The van der Waals surface area contributed by atoms with E-state index in [1.54, 1.807) is 0 Å². The number of benzene rings is 3. The van der Waals surface area contributed by atoms with Crippen LogP contribution < -0.4 is 15.0 Å². The first-order valence-corrected chi connectivity index (χ1v) is 13.6. The molecule has 1 aliphatic carbocycles. The minimum Gasteiger partial charge on any atom is -0.494 e. The van der Waals surface area contributed by atoms with E-state index in [1.807, 2.05) is 83.8 Å². The van der Waals surface area contributed by atoms with Crippen LogP contribution in [0, 0.1) is 11.3 Å². The highest BCUT2D eigenvalue weighted by atomic mass is 16.5. The van der Waals surface area contributed by atoms with Gasteiger partial charge in [-0.2, -0.15) is 0 Å². The average molecular weight is 509 g/mol. The molecule has 1 N–H and O–H groups in total. The van der Waals surface area contributed by atoms with Gasteiger partial charge in [-0.05, 0) is 47.2 Å². The van der Waals surface area contributed by atoms with E-state index in [4.69, 9.17) is 4.74 Å². The number of carbonyl (C=O) groups is 2. The molecule has 0 aromatic heterocycles. The minimum absolute atomic E-state index is 0.0439. The molecule has 0 saturated carbocycles. The molecule has 0 saturated heterocycles. The summed E-state index contributed by atoms with van der Waals surface area (Å²) in [6, 6.07) is 25.1.